The number of aromatic nitrogens is 2. The third-order valence-corrected chi connectivity index (χ3v) is 3.79. The maximum atomic E-state index is 12.2. The van der Waals surface area contributed by atoms with Crippen LogP contribution in [0.4, 0.5) is 0 Å². The number of hydrogen-bond donors (Lipinski definition) is 3. The number of nitrogens with two attached hydrogens (primary N) is 1. The SMILES string of the molecule is N#CC1=C(N)Oc2[nH]c(=O)[nH]c(=O)c2[C@H]1c1cccc(Br)c1. The Bertz CT molecular complexity index is 952. The zero-order chi connectivity index (χ0) is 15.9. The van der Waals surface area contributed by atoms with E-state index in [1.807, 2.05) is 12.1 Å². The van der Waals surface area contributed by atoms with Crippen LogP contribution in [-0.2, 0) is 0 Å². The Balaban J connectivity index is 2.34. The summed E-state index contributed by atoms with van der Waals surface area (Å²) in [4.78, 5) is 28.1. The van der Waals surface area contributed by atoms with E-state index in [1.54, 1.807) is 18.2 Å². The molecule has 0 unspecified atom stereocenters. The Hall–Kier alpha value is -2.79. The van der Waals surface area contributed by atoms with Gasteiger partial charge in [-0.2, -0.15) is 5.26 Å². The average Bonchev–Trinajstić information content (AvgIpc) is 2.45. The van der Waals surface area contributed by atoms with Gasteiger partial charge in [0, 0.05) is 4.47 Å². The monoisotopic (exact) mass is 360 g/mol. The van der Waals surface area contributed by atoms with Crippen LogP contribution in [0.5, 0.6) is 5.88 Å². The van der Waals surface area contributed by atoms with Gasteiger partial charge in [-0.15, -0.1) is 0 Å². The van der Waals surface area contributed by atoms with Crippen molar-refractivity contribution in [3.63, 3.8) is 0 Å². The number of H-pyrrole nitrogens is 2. The van der Waals surface area contributed by atoms with Crippen LogP contribution >= 0.6 is 15.9 Å². The molecule has 0 bridgehead atoms. The lowest BCUT2D eigenvalue weighted by Crippen LogP contribution is -2.33. The second-order valence-electron chi connectivity index (χ2n) is 4.63. The van der Waals surface area contributed by atoms with E-state index in [-0.39, 0.29) is 22.9 Å². The van der Waals surface area contributed by atoms with E-state index in [4.69, 9.17) is 10.5 Å². The highest BCUT2D eigenvalue weighted by molar-refractivity contribution is 9.10. The zero-order valence-electron chi connectivity index (χ0n) is 11.0. The molecule has 1 aromatic carbocycles. The topological polar surface area (TPSA) is 125 Å². The van der Waals surface area contributed by atoms with Crippen LogP contribution < -0.4 is 21.7 Å². The minimum atomic E-state index is -0.716. The number of nitrogens with one attached hydrogen (secondary N) is 2. The predicted octanol–water partition coefficient (Wildman–Crippen LogP) is 1.04. The van der Waals surface area contributed by atoms with E-state index in [0.29, 0.717) is 5.56 Å². The molecule has 0 radical (unpaired) electrons. The number of hydrogen-bond acceptors (Lipinski definition) is 5. The Morgan fingerprint density at radius 1 is 1.32 bits per heavy atom. The second-order valence-corrected chi connectivity index (χ2v) is 5.55. The third kappa shape index (κ3) is 2.21. The average molecular weight is 361 g/mol. The van der Waals surface area contributed by atoms with Crippen LogP contribution in [-0.4, -0.2) is 9.97 Å². The number of ether oxygens (including phenoxy) is 1. The molecule has 0 saturated heterocycles. The molecule has 1 aliphatic rings. The quantitative estimate of drug-likeness (QED) is 0.700. The normalized spacial score (nSPS) is 16.6. The van der Waals surface area contributed by atoms with Crippen molar-refractivity contribution in [1.82, 2.24) is 9.97 Å². The summed E-state index contributed by atoms with van der Waals surface area (Å²) in [5, 5.41) is 9.37. The molecular formula is C14H9BrN4O3. The molecule has 0 amide bonds. The first-order chi connectivity index (χ1) is 10.5. The highest BCUT2D eigenvalue weighted by Crippen LogP contribution is 2.38. The minimum Gasteiger partial charge on any atom is -0.424 e. The van der Waals surface area contributed by atoms with Crippen LogP contribution in [0.2, 0.25) is 0 Å². The van der Waals surface area contributed by atoms with Crippen molar-refractivity contribution < 1.29 is 4.74 Å². The molecule has 1 aliphatic heterocycles. The molecule has 0 saturated carbocycles. The first kappa shape index (κ1) is 14.2. The van der Waals surface area contributed by atoms with Crippen LogP contribution in [0.25, 0.3) is 0 Å². The molecule has 1 atom stereocenters. The Kier molecular flexibility index (Phi) is 3.35. The Labute approximate surface area is 132 Å². The maximum Gasteiger partial charge on any atom is 0.328 e. The van der Waals surface area contributed by atoms with Gasteiger partial charge in [0.2, 0.25) is 11.8 Å². The number of aromatic amines is 2. The fourth-order valence-electron chi connectivity index (χ4n) is 2.41. The summed E-state index contributed by atoms with van der Waals surface area (Å²) in [6.07, 6.45) is 0. The molecule has 0 aliphatic carbocycles. The molecule has 22 heavy (non-hydrogen) atoms. The number of allylic oxidation sites excluding steroid dienone is 1. The molecular weight excluding hydrogens is 352 g/mol. The van der Waals surface area contributed by atoms with E-state index < -0.39 is 17.2 Å². The molecule has 0 fully saturated rings. The first-order valence-corrected chi connectivity index (χ1v) is 7.00. The Morgan fingerprint density at radius 2 is 2.09 bits per heavy atom. The van der Waals surface area contributed by atoms with Crippen LogP contribution in [0, 0.1) is 11.3 Å². The van der Waals surface area contributed by atoms with Crippen molar-refractivity contribution in [3.8, 4) is 11.9 Å². The van der Waals surface area contributed by atoms with E-state index in [2.05, 4.69) is 25.9 Å². The van der Waals surface area contributed by atoms with Gasteiger partial charge in [-0.25, -0.2) is 4.79 Å². The first-order valence-electron chi connectivity index (χ1n) is 6.21. The number of nitrogens with zero attached hydrogens (tertiary/aromatic N) is 1. The van der Waals surface area contributed by atoms with Gasteiger partial charge in [0.05, 0.1) is 11.5 Å². The molecule has 4 N–H and O–H groups in total. The van der Waals surface area contributed by atoms with Crippen molar-refractivity contribution in [2.45, 2.75) is 5.92 Å². The van der Waals surface area contributed by atoms with E-state index in [9.17, 15) is 14.9 Å². The summed E-state index contributed by atoms with van der Waals surface area (Å²) < 4.78 is 6.01. The van der Waals surface area contributed by atoms with E-state index in [1.165, 1.54) is 0 Å². The molecule has 1 aromatic heterocycles. The smallest absolute Gasteiger partial charge is 0.328 e. The number of fused-ring (bicyclic) bond motifs is 1. The highest BCUT2D eigenvalue weighted by Gasteiger charge is 2.34. The maximum absolute atomic E-state index is 12.2. The van der Waals surface area contributed by atoms with Gasteiger partial charge in [0.15, 0.2) is 0 Å². The standard InChI is InChI=1S/C14H9BrN4O3/c15-7-3-1-2-6(4-7)9-8(5-16)11(17)22-13-10(9)12(20)18-14(21)19-13/h1-4,9H,17H2,(H2,18,19,20,21)/t9-/m0/s1. The third-order valence-electron chi connectivity index (χ3n) is 3.30. The fraction of sp³-hybridized carbons (Fsp3) is 0.0714. The molecule has 3 rings (SSSR count). The van der Waals surface area contributed by atoms with Crippen LogP contribution in [0.3, 0.4) is 0 Å². The van der Waals surface area contributed by atoms with Crippen molar-refractivity contribution >= 4 is 15.9 Å². The number of halogens is 1. The molecule has 110 valence electrons. The lowest BCUT2D eigenvalue weighted by Gasteiger charge is -2.24. The molecule has 8 heteroatoms. The molecule has 2 aromatic rings. The summed E-state index contributed by atoms with van der Waals surface area (Å²) in [6, 6.07) is 9.11. The highest BCUT2D eigenvalue weighted by atomic mass is 79.9. The minimum absolute atomic E-state index is 0.0461. The van der Waals surface area contributed by atoms with E-state index in [0.717, 1.165) is 4.47 Å². The van der Waals surface area contributed by atoms with Crippen molar-refractivity contribution in [1.29, 1.82) is 5.26 Å². The number of nitriles is 1. The van der Waals surface area contributed by atoms with Gasteiger partial charge < -0.3 is 10.5 Å². The summed E-state index contributed by atoms with van der Waals surface area (Å²) in [5.74, 6) is -0.900. The van der Waals surface area contributed by atoms with Gasteiger partial charge in [-0.1, -0.05) is 28.1 Å². The van der Waals surface area contributed by atoms with E-state index >= 15 is 0 Å². The van der Waals surface area contributed by atoms with Crippen LogP contribution in [0.15, 0.2) is 49.8 Å². The Morgan fingerprint density at radius 3 is 2.77 bits per heavy atom. The van der Waals surface area contributed by atoms with Gasteiger partial charge >= 0.3 is 5.69 Å². The van der Waals surface area contributed by atoms with Crippen molar-refractivity contribution in [2.24, 2.45) is 5.73 Å². The summed E-state index contributed by atoms with van der Waals surface area (Å²) in [5.41, 5.74) is 5.37. The van der Waals surface area contributed by atoms with Gasteiger partial charge in [0.1, 0.15) is 11.6 Å². The lowest BCUT2D eigenvalue weighted by molar-refractivity contribution is 0.373. The summed E-state index contributed by atoms with van der Waals surface area (Å²) >= 11 is 3.35. The van der Waals surface area contributed by atoms with Crippen molar-refractivity contribution in [3.05, 3.63) is 72.2 Å². The van der Waals surface area contributed by atoms with Crippen LogP contribution in [0.1, 0.15) is 17.0 Å². The lowest BCUT2D eigenvalue weighted by atomic mass is 9.85. The van der Waals surface area contributed by atoms with Crippen molar-refractivity contribution in [2.75, 3.05) is 0 Å². The van der Waals surface area contributed by atoms with Gasteiger partial charge in [-0.3, -0.25) is 14.8 Å². The molecule has 2 heterocycles. The summed E-state index contributed by atoms with van der Waals surface area (Å²) in [6.45, 7) is 0. The zero-order valence-corrected chi connectivity index (χ0v) is 12.6. The molecule has 7 nitrogen and oxygen atoms in total. The summed E-state index contributed by atoms with van der Waals surface area (Å²) in [7, 11) is 0. The number of rotatable bonds is 1. The fourth-order valence-corrected chi connectivity index (χ4v) is 2.83. The van der Waals surface area contributed by atoms with Gasteiger partial charge in [0.25, 0.3) is 5.56 Å². The molecule has 0 spiro atoms. The van der Waals surface area contributed by atoms with Gasteiger partial charge in [-0.05, 0) is 17.7 Å². The number of benzene rings is 1. The second kappa shape index (κ2) is 5.20. The predicted molar refractivity (Wildman–Crippen MR) is 81.1 cm³/mol. The largest absolute Gasteiger partial charge is 0.424 e.